The van der Waals surface area contributed by atoms with Crippen LogP contribution >= 0.6 is 0 Å². The second-order valence-corrected chi connectivity index (χ2v) is 7.15. The summed E-state index contributed by atoms with van der Waals surface area (Å²) in [6.07, 6.45) is 3.91. The van der Waals surface area contributed by atoms with Gasteiger partial charge in [0.1, 0.15) is 5.78 Å². The zero-order valence-corrected chi connectivity index (χ0v) is 13.9. The number of rotatable bonds is 12. The van der Waals surface area contributed by atoms with Crippen LogP contribution < -0.4 is 0 Å². The van der Waals surface area contributed by atoms with Crippen LogP contribution in [-0.4, -0.2) is 55.2 Å². The Kier molecular flexibility index (Phi) is 9.25. The number of quaternary nitrogens is 1. The Labute approximate surface area is 123 Å². The molecule has 0 unspecified atom stereocenters. The largest absolute Gasteiger partial charge is 0.324 e. The van der Waals surface area contributed by atoms with Gasteiger partial charge < -0.3 is 9.28 Å². The van der Waals surface area contributed by atoms with Crippen molar-refractivity contribution in [1.82, 2.24) is 0 Å². The molecule has 120 valence electrons. The van der Waals surface area contributed by atoms with E-state index >= 15 is 0 Å². The third kappa shape index (κ3) is 9.44. The van der Waals surface area contributed by atoms with Gasteiger partial charge in [-0.05, 0) is 46.5 Å². The third-order valence-electron chi connectivity index (χ3n) is 4.04. The molecule has 0 aromatic rings. The average molecular weight is 308 g/mol. The Bertz CT molecular complexity index is 375. The number of ketones is 1. The molecule has 20 heavy (non-hydrogen) atoms. The molecule has 0 aliphatic carbocycles. The highest BCUT2D eigenvalue weighted by molar-refractivity contribution is 7.85. The van der Waals surface area contributed by atoms with Crippen LogP contribution in [0.2, 0.25) is 0 Å². The van der Waals surface area contributed by atoms with Crippen molar-refractivity contribution in [2.24, 2.45) is 0 Å². The molecular formula is C14H30NO4S+. The molecule has 5 nitrogen and oxygen atoms in total. The third-order valence-corrected chi connectivity index (χ3v) is 4.84. The molecule has 0 heterocycles. The van der Waals surface area contributed by atoms with Crippen molar-refractivity contribution in [3.05, 3.63) is 0 Å². The van der Waals surface area contributed by atoms with Gasteiger partial charge in [0.2, 0.25) is 0 Å². The number of Topliss-reactive ketones (excluding diaryl/α,β-unsaturated/α-hetero) is 1. The summed E-state index contributed by atoms with van der Waals surface area (Å²) in [5, 5.41) is 0. The Morgan fingerprint density at radius 1 is 1.00 bits per heavy atom. The average Bonchev–Trinajstić information content (AvgIpc) is 2.36. The standard InChI is InChI=1S/C14H29NO4S/c1-4-15(5-2,11-7-6-10-14(3)16)12-8-9-13-20(17,18)19/h4-13H2,1-3H3/p+1. The Hall–Kier alpha value is -0.460. The SMILES string of the molecule is CC[N+](CC)(CCCCC(C)=O)CCCCS(=O)(=O)O. The predicted octanol–water partition coefficient (Wildman–Crippen LogP) is 2.27. The van der Waals surface area contributed by atoms with Gasteiger partial charge in [-0.1, -0.05) is 0 Å². The summed E-state index contributed by atoms with van der Waals surface area (Å²) in [5.41, 5.74) is 0. The van der Waals surface area contributed by atoms with Crippen LogP contribution in [0.5, 0.6) is 0 Å². The second kappa shape index (κ2) is 9.47. The summed E-state index contributed by atoms with van der Waals surface area (Å²) in [4.78, 5) is 10.9. The quantitative estimate of drug-likeness (QED) is 0.341. The number of hydrogen-bond donors (Lipinski definition) is 1. The van der Waals surface area contributed by atoms with Gasteiger partial charge in [0, 0.05) is 6.42 Å². The molecule has 1 N–H and O–H groups in total. The molecule has 0 aromatic heterocycles. The van der Waals surface area contributed by atoms with Crippen molar-refractivity contribution in [1.29, 1.82) is 0 Å². The van der Waals surface area contributed by atoms with Gasteiger partial charge in [0.15, 0.2) is 0 Å². The molecule has 0 bridgehead atoms. The van der Waals surface area contributed by atoms with Crippen molar-refractivity contribution >= 4 is 15.9 Å². The fraction of sp³-hybridized carbons (Fsp3) is 0.929. The number of nitrogens with zero attached hydrogens (tertiary/aromatic N) is 1. The highest BCUT2D eigenvalue weighted by Gasteiger charge is 2.22. The topological polar surface area (TPSA) is 71.4 Å². The van der Waals surface area contributed by atoms with Crippen LogP contribution in [0.3, 0.4) is 0 Å². The Morgan fingerprint density at radius 2 is 1.50 bits per heavy atom. The van der Waals surface area contributed by atoms with E-state index in [1.807, 2.05) is 0 Å². The molecule has 0 amide bonds. The Morgan fingerprint density at radius 3 is 1.90 bits per heavy atom. The molecule has 0 rings (SSSR count). The maximum Gasteiger partial charge on any atom is 0.264 e. The first kappa shape index (κ1) is 19.5. The van der Waals surface area contributed by atoms with E-state index in [0.29, 0.717) is 12.8 Å². The summed E-state index contributed by atoms with van der Waals surface area (Å²) in [6, 6.07) is 0. The molecule has 6 heteroatoms. The van der Waals surface area contributed by atoms with E-state index in [9.17, 15) is 13.2 Å². The summed E-state index contributed by atoms with van der Waals surface area (Å²) in [5.74, 6) is 0.0920. The van der Waals surface area contributed by atoms with E-state index < -0.39 is 10.1 Å². The van der Waals surface area contributed by atoms with E-state index in [4.69, 9.17) is 4.55 Å². The predicted molar refractivity (Wildman–Crippen MR) is 81.3 cm³/mol. The number of carbonyl (C=O) groups excluding carboxylic acids is 1. The van der Waals surface area contributed by atoms with Gasteiger partial charge in [0.25, 0.3) is 10.1 Å². The zero-order valence-electron chi connectivity index (χ0n) is 13.1. The highest BCUT2D eigenvalue weighted by atomic mass is 32.2. The van der Waals surface area contributed by atoms with Crippen molar-refractivity contribution in [3.8, 4) is 0 Å². The monoisotopic (exact) mass is 308 g/mol. The van der Waals surface area contributed by atoms with Crippen LogP contribution in [-0.2, 0) is 14.9 Å². The van der Waals surface area contributed by atoms with Gasteiger partial charge in [0.05, 0.1) is 31.9 Å². The molecule has 0 spiro atoms. The highest BCUT2D eigenvalue weighted by Crippen LogP contribution is 2.13. The van der Waals surface area contributed by atoms with Crippen molar-refractivity contribution < 1.29 is 22.2 Å². The molecule has 0 aliphatic rings. The smallest absolute Gasteiger partial charge is 0.264 e. The summed E-state index contributed by atoms with van der Waals surface area (Å²) >= 11 is 0. The lowest BCUT2D eigenvalue weighted by atomic mass is 10.1. The normalized spacial score (nSPS) is 12.6. The van der Waals surface area contributed by atoms with Crippen LogP contribution in [0.25, 0.3) is 0 Å². The van der Waals surface area contributed by atoms with E-state index in [1.54, 1.807) is 6.92 Å². The molecule has 0 aliphatic heterocycles. The van der Waals surface area contributed by atoms with Gasteiger partial charge in [-0.2, -0.15) is 8.42 Å². The second-order valence-electron chi connectivity index (χ2n) is 5.57. The lowest BCUT2D eigenvalue weighted by molar-refractivity contribution is -0.925. The minimum Gasteiger partial charge on any atom is -0.324 e. The number of carbonyl (C=O) groups is 1. The number of hydrogen-bond acceptors (Lipinski definition) is 3. The van der Waals surface area contributed by atoms with E-state index in [2.05, 4.69) is 13.8 Å². The van der Waals surface area contributed by atoms with Crippen molar-refractivity contribution in [3.63, 3.8) is 0 Å². The van der Waals surface area contributed by atoms with Crippen LogP contribution in [0.4, 0.5) is 0 Å². The first-order valence-corrected chi connectivity index (χ1v) is 9.15. The lowest BCUT2D eigenvalue weighted by Crippen LogP contribution is -2.49. The van der Waals surface area contributed by atoms with E-state index in [-0.39, 0.29) is 11.5 Å². The minimum atomic E-state index is -3.83. The van der Waals surface area contributed by atoms with Crippen LogP contribution in [0.15, 0.2) is 0 Å². The maximum atomic E-state index is 10.9. The molecule has 0 atom stereocenters. The first-order valence-electron chi connectivity index (χ1n) is 7.54. The Balaban J connectivity index is 4.13. The molecule has 0 aromatic carbocycles. The number of unbranched alkanes of at least 4 members (excludes halogenated alkanes) is 2. The fourth-order valence-electron chi connectivity index (χ4n) is 2.52. The van der Waals surface area contributed by atoms with Gasteiger partial charge in [-0.15, -0.1) is 0 Å². The first-order chi connectivity index (χ1) is 9.24. The van der Waals surface area contributed by atoms with Crippen molar-refractivity contribution in [2.75, 3.05) is 31.9 Å². The van der Waals surface area contributed by atoms with Crippen molar-refractivity contribution in [2.45, 2.75) is 52.9 Å². The maximum absolute atomic E-state index is 10.9. The lowest BCUT2D eigenvalue weighted by Gasteiger charge is -2.37. The van der Waals surface area contributed by atoms with E-state index in [1.165, 1.54) is 0 Å². The van der Waals surface area contributed by atoms with Gasteiger partial charge in [-0.25, -0.2) is 0 Å². The van der Waals surface area contributed by atoms with Crippen LogP contribution in [0.1, 0.15) is 52.9 Å². The molecule has 0 radical (unpaired) electrons. The zero-order chi connectivity index (χ0) is 15.6. The minimum absolute atomic E-state index is 0.148. The molecule has 0 saturated carbocycles. The molecular weight excluding hydrogens is 278 g/mol. The summed E-state index contributed by atoms with van der Waals surface area (Å²) in [6.45, 7) is 9.92. The summed E-state index contributed by atoms with van der Waals surface area (Å²) in [7, 11) is -3.83. The molecule has 0 fully saturated rings. The molecule has 0 saturated heterocycles. The van der Waals surface area contributed by atoms with Gasteiger partial charge >= 0.3 is 0 Å². The fourth-order valence-corrected chi connectivity index (χ4v) is 3.09. The van der Waals surface area contributed by atoms with Crippen LogP contribution in [0, 0.1) is 0 Å². The van der Waals surface area contributed by atoms with Gasteiger partial charge in [-0.3, -0.25) is 4.55 Å². The summed E-state index contributed by atoms with van der Waals surface area (Å²) < 4.78 is 31.1. The van der Waals surface area contributed by atoms with E-state index in [0.717, 1.165) is 49.9 Å².